The van der Waals surface area contributed by atoms with E-state index in [4.69, 9.17) is 15.2 Å². The van der Waals surface area contributed by atoms with E-state index < -0.39 is 0 Å². The second-order valence-electron chi connectivity index (χ2n) is 3.34. The number of aromatic nitrogens is 1. The maximum atomic E-state index is 5.89. The number of likely N-dealkylation sites (N-methyl/N-ethyl adjacent to an activating group) is 1. The van der Waals surface area contributed by atoms with E-state index in [9.17, 15) is 0 Å². The topological polar surface area (TPSA) is 60.6 Å². The lowest BCUT2D eigenvalue weighted by Gasteiger charge is -2.23. The van der Waals surface area contributed by atoms with Crippen molar-refractivity contribution < 1.29 is 9.47 Å². The van der Waals surface area contributed by atoms with Crippen LogP contribution in [0, 0.1) is 0 Å². The zero-order chi connectivity index (χ0) is 12.0. The third-order valence-electron chi connectivity index (χ3n) is 2.34. The van der Waals surface area contributed by atoms with E-state index in [0.29, 0.717) is 18.2 Å². The Labute approximate surface area is 96.2 Å². The number of rotatable bonds is 6. The van der Waals surface area contributed by atoms with Gasteiger partial charge in [0.05, 0.1) is 19.4 Å². The van der Waals surface area contributed by atoms with Crippen LogP contribution in [-0.2, 0) is 4.74 Å². The Morgan fingerprint density at radius 1 is 1.38 bits per heavy atom. The molecule has 0 saturated carbocycles. The van der Waals surface area contributed by atoms with Gasteiger partial charge in [-0.2, -0.15) is 4.98 Å². The minimum atomic E-state index is 0.570. The highest BCUT2D eigenvalue weighted by Gasteiger charge is 2.10. The monoisotopic (exact) mass is 225 g/mol. The standard InChI is InChI=1S/C11H19N3O2/c1-4-14(7-8-15-2)11-9(12)5-6-10(13-11)16-3/h5-6H,4,7-8,12H2,1-3H3. The zero-order valence-corrected chi connectivity index (χ0v) is 10.1. The molecule has 0 aliphatic rings. The van der Waals surface area contributed by atoms with Crippen LogP contribution in [-0.4, -0.2) is 38.9 Å². The normalized spacial score (nSPS) is 10.2. The van der Waals surface area contributed by atoms with Gasteiger partial charge >= 0.3 is 0 Å². The molecule has 0 atom stereocenters. The molecule has 5 nitrogen and oxygen atoms in total. The van der Waals surface area contributed by atoms with Gasteiger partial charge in [0, 0.05) is 26.3 Å². The summed E-state index contributed by atoms with van der Waals surface area (Å²) in [6.07, 6.45) is 0. The molecule has 0 bridgehead atoms. The summed E-state index contributed by atoms with van der Waals surface area (Å²) in [4.78, 5) is 6.39. The van der Waals surface area contributed by atoms with Crippen LogP contribution in [0.25, 0.3) is 0 Å². The number of methoxy groups -OCH3 is 2. The Morgan fingerprint density at radius 2 is 2.12 bits per heavy atom. The summed E-state index contributed by atoms with van der Waals surface area (Å²) in [6.45, 7) is 4.29. The van der Waals surface area contributed by atoms with Gasteiger partial charge in [0.2, 0.25) is 5.88 Å². The number of hydrogen-bond acceptors (Lipinski definition) is 5. The number of nitrogens with two attached hydrogens (primary N) is 1. The highest BCUT2D eigenvalue weighted by Crippen LogP contribution is 2.23. The minimum Gasteiger partial charge on any atom is -0.481 e. The number of hydrogen-bond donors (Lipinski definition) is 1. The van der Waals surface area contributed by atoms with Crippen molar-refractivity contribution in [3.05, 3.63) is 12.1 Å². The number of nitrogen functional groups attached to an aromatic ring is 1. The van der Waals surface area contributed by atoms with Crippen molar-refractivity contribution in [2.24, 2.45) is 0 Å². The van der Waals surface area contributed by atoms with Gasteiger partial charge in [-0.3, -0.25) is 0 Å². The molecule has 16 heavy (non-hydrogen) atoms. The summed E-state index contributed by atoms with van der Waals surface area (Å²) in [5, 5.41) is 0. The van der Waals surface area contributed by atoms with Crippen LogP contribution in [0.5, 0.6) is 5.88 Å². The summed E-state index contributed by atoms with van der Waals surface area (Å²) in [5.41, 5.74) is 6.54. The van der Waals surface area contributed by atoms with Crippen LogP contribution in [0.3, 0.4) is 0 Å². The number of ether oxygens (including phenoxy) is 2. The summed E-state index contributed by atoms with van der Waals surface area (Å²) in [7, 11) is 3.27. The summed E-state index contributed by atoms with van der Waals surface area (Å²) in [5.74, 6) is 1.32. The van der Waals surface area contributed by atoms with Gasteiger partial charge < -0.3 is 20.1 Å². The van der Waals surface area contributed by atoms with E-state index in [1.54, 1.807) is 26.4 Å². The SMILES string of the molecule is CCN(CCOC)c1nc(OC)ccc1N. The first-order valence-electron chi connectivity index (χ1n) is 5.27. The molecular formula is C11H19N3O2. The maximum absolute atomic E-state index is 5.89. The molecule has 0 radical (unpaired) electrons. The molecule has 2 N–H and O–H groups in total. The Kier molecular flexibility index (Phi) is 4.85. The minimum absolute atomic E-state index is 0.570. The molecule has 0 aliphatic carbocycles. The molecule has 0 saturated heterocycles. The van der Waals surface area contributed by atoms with Crippen molar-refractivity contribution in [3.63, 3.8) is 0 Å². The van der Waals surface area contributed by atoms with Crippen LogP contribution in [0.4, 0.5) is 11.5 Å². The van der Waals surface area contributed by atoms with Gasteiger partial charge in [0.25, 0.3) is 0 Å². The smallest absolute Gasteiger partial charge is 0.215 e. The van der Waals surface area contributed by atoms with Gasteiger partial charge in [-0.05, 0) is 13.0 Å². The quantitative estimate of drug-likeness (QED) is 0.786. The van der Waals surface area contributed by atoms with Crippen LogP contribution in [0.15, 0.2) is 12.1 Å². The first-order valence-corrected chi connectivity index (χ1v) is 5.27. The van der Waals surface area contributed by atoms with E-state index in [0.717, 1.165) is 18.9 Å². The van der Waals surface area contributed by atoms with Gasteiger partial charge in [0.1, 0.15) is 0 Å². The molecule has 90 valence electrons. The molecule has 1 aromatic heterocycles. The lowest BCUT2D eigenvalue weighted by molar-refractivity contribution is 0.205. The fraction of sp³-hybridized carbons (Fsp3) is 0.545. The molecule has 1 rings (SSSR count). The Balaban J connectivity index is 2.89. The Bertz CT molecular complexity index is 331. The first kappa shape index (κ1) is 12.6. The summed E-state index contributed by atoms with van der Waals surface area (Å²) in [6, 6.07) is 3.56. The van der Waals surface area contributed by atoms with Crippen molar-refractivity contribution in [1.82, 2.24) is 4.98 Å². The average Bonchev–Trinajstić information content (AvgIpc) is 2.32. The molecule has 1 aromatic rings. The second-order valence-corrected chi connectivity index (χ2v) is 3.34. The van der Waals surface area contributed by atoms with E-state index in [1.165, 1.54) is 0 Å². The van der Waals surface area contributed by atoms with E-state index in [-0.39, 0.29) is 0 Å². The van der Waals surface area contributed by atoms with E-state index in [1.807, 2.05) is 0 Å². The van der Waals surface area contributed by atoms with Gasteiger partial charge in [-0.15, -0.1) is 0 Å². The predicted octanol–water partition coefficient (Wildman–Crippen LogP) is 1.15. The summed E-state index contributed by atoms with van der Waals surface area (Å²) >= 11 is 0. The molecule has 0 aromatic carbocycles. The molecule has 0 spiro atoms. The Hall–Kier alpha value is -1.49. The van der Waals surface area contributed by atoms with Crippen molar-refractivity contribution in [2.45, 2.75) is 6.92 Å². The van der Waals surface area contributed by atoms with Crippen LogP contribution < -0.4 is 15.4 Å². The summed E-state index contributed by atoms with van der Waals surface area (Å²) < 4.78 is 10.1. The first-order chi connectivity index (χ1) is 7.72. The highest BCUT2D eigenvalue weighted by atomic mass is 16.5. The number of pyridine rings is 1. The fourth-order valence-corrected chi connectivity index (χ4v) is 1.42. The third-order valence-corrected chi connectivity index (χ3v) is 2.34. The molecule has 0 fully saturated rings. The number of anilines is 2. The van der Waals surface area contributed by atoms with Crippen molar-refractivity contribution in [1.29, 1.82) is 0 Å². The molecule has 0 amide bonds. The second kappa shape index (κ2) is 6.17. The highest BCUT2D eigenvalue weighted by molar-refractivity contribution is 5.63. The van der Waals surface area contributed by atoms with Crippen molar-refractivity contribution in [2.75, 3.05) is 44.5 Å². The van der Waals surface area contributed by atoms with Crippen LogP contribution in [0.1, 0.15) is 6.92 Å². The fourth-order valence-electron chi connectivity index (χ4n) is 1.42. The van der Waals surface area contributed by atoms with Crippen molar-refractivity contribution in [3.8, 4) is 5.88 Å². The van der Waals surface area contributed by atoms with E-state index in [2.05, 4.69) is 16.8 Å². The number of nitrogens with zero attached hydrogens (tertiary/aromatic N) is 2. The lowest BCUT2D eigenvalue weighted by Crippen LogP contribution is -2.28. The predicted molar refractivity (Wildman–Crippen MR) is 65.0 cm³/mol. The van der Waals surface area contributed by atoms with Gasteiger partial charge in [-0.1, -0.05) is 0 Å². The van der Waals surface area contributed by atoms with Gasteiger partial charge in [-0.25, -0.2) is 0 Å². The molecular weight excluding hydrogens is 206 g/mol. The van der Waals surface area contributed by atoms with Crippen molar-refractivity contribution >= 4 is 11.5 Å². The largest absolute Gasteiger partial charge is 0.481 e. The molecule has 1 heterocycles. The Morgan fingerprint density at radius 3 is 2.69 bits per heavy atom. The van der Waals surface area contributed by atoms with Crippen LogP contribution >= 0.6 is 0 Å². The molecule has 0 aliphatic heterocycles. The zero-order valence-electron chi connectivity index (χ0n) is 10.1. The average molecular weight is 225 g/mol. The molecule has 5 heteroatoms. The van der Waals surface area contributed by atoms with E-state index >= 15 is 0 Å². The third kappa shape index (κ3) is 3.00. The van der Waals surface area contributed by atoms with Gasteiger partial charge in [0.15, 0.2) is 5.82 Å². The maximum Gasteiger partial charge on any atom is 0.215 e. The molecule has 0 unspecified atom stereocenters. The van der Waals surface area contributed by atoms with Crippen LogP contribution in [0.2, 0.25) is 0 Å². The lowest BCUT2D eigenvalue weighted by atomic mass is 10.3.